The molecule has 2 aromatic rings. The van der Waals surface area contributed by atoms with Crippen LogP contribution in [0.25, 0.3) is 0 Å². The van der Waals surface area contributed by atoms with E-state index in [1.54, 1.807) is 24.3 Å². The van der Waals surface area contributed by atoms with Crippen molar-refractivity contribution in [1.29, 1.82) is 0 Å². The zero-order valence-electron chi connectivity index (χ0n) is 16.7. The minimum absolute atomic E-state index is 0.0321. The SMILES string of the molecule is CC1CN(Cc2ccccc2)CCN1C(=O)c1cccc(N2CCCS2(=O)=O)c1. The normalized spacial score (nSPS) is 22.0. The highest BCUT2D eigenvalue weighted by Gasteiger charge is 2.31. The van der Waals surface area contributed by atoms with Crippen molar-refractivity contribution in [2.75, 3.05) is 36.2 Å². The van der Waals surface area contributed by atoms with Gasteiger partial charge in [0.25, 0.3) is 5.91 Å². The van der Waals surface area contributed by atoms with E-state index in [-0.39, 0.29) is 17.7 Å². The molecule has 0 N–H and O–H groups in total. The van der Waals surface area contributed by atoms with Gasteiger partial charge in [-0.25, -0.2) is 8.42 Å². The molecule has 2 fully saturated rings. The summed E-state index contributed by atoms with van der Waals surface area (Å²) in [4.78, 5) is 17.4. The monoisotopic (exact) mass is 413 g/mol. The highest BCUT2D eigenvalue weighted by molar-refractivity contribution is 7.93. The third-order valence-electron chi connectivity index (χ3n) is 5.70. The molecule has 29 heavy (non-hydrogen) atoms. The Morgan fingerprint density at radius 1 is 1.03 bits per heavy atom. The molecule has 2 aromatic carbocycles. The number of rotatable bonds is 4. The second-order valence-electron chi connectivity index (χ2n) is 7.86. The average molecular weight is 414 g/mol. The van der Waals surface area contributed by atoms with E-state index in [4.69, 9.17) is 0 Å². The van der Waals surface area contributed by atoms with Gasteiger partial charge in [0, 0.05) is 44.3 Å². The molecule has 6 nitrogen and oxygen atoms in total. The van der Waals surface area contributed by atoms with Crippen LogP contribution in [-0.4, -0.2) is 62.1 Å². The third kappa shape index (κ3) is 4.31. The first-order valence-corrected chi connectivity index (χ1v) is 11.7. The molecule has 0 spiro atoms. The van der Waals surface area contributed by atoms with Crippen LogP contribution in [0.3, 0.4) is 0 Å². The second-order valence-corrected chi connectivity index (χ2v) is 9.87. The zero-order chi connectivity index (χ0) is 20.4. The van der Waals surface area contributed by atoms with Crippen LogP contribution in [0, 0.1) is 0 Å². The van der Waals surface area contributed by atoms with Crippen LogP contribution >= 0.6 is 0 Å². The van der Waals surface area contributed by atoms with E-state index in [2.05, 4.69) is 24.0 Å². The first-order chi connectivity index (χ1) is 13.9. The molecule has 4 rings (SSSR count). The van der Waals surface area contributed by atoms with E-state index in [9.17, 15) is 13.2 Å². The summed E-state index contributed by atoms with van der Waals surface area (Å²) in [5, 5.41) is 0. The fourth-order valence-corrected chi connectivity index (χ4v) is 5.77. The standard InChI is InChI=1S/C22H27N3O3S/c1-18-16-23(17-19-7-3-2-4-8-19)12-13-24(18)22(26)20-9-5-10-21(15-20)25-11-6-14-29(25,27)28/h2-5,7-10,15,18H,6,11-14,16-17H2,1H3. The number of hydrogen-bond acceptors (Lipinski definition) is 4. The van der Waals surface area contributed by atoms with Gasteiger partial charge in [-0.2, -0.15) is 0 Å². The maximum atomic E-state index is 13.1. The molecular weight excluding hydrogens is 386 g/mol. The Morgan fingerprint density at radius 2 is 1.83 bits per heavy atom. The molecule has 0 aliphatic carbocycles. The Hall–Kier alpha value is -2.38. The van der Waals surface area contributed by atoms with E-state index in [0.29, 0.717) is 30.8 Å². The highest BCUT2D eigenvalue weighted by Crippen LogP contribution is 2.26. The van der Waals surface area contributed by atoms with Crippen molar-refractivity contribution in [3.63, 3.8) is 0 Å². The fourth-order valence-electron chi connectivity index (χ4n) is 4.21. The molecule has 2 saturated heterocycles. The summed E-state index contributed by atoms with van der Waals surface area (Å²) in [6.45, 7) is 5.75. The Labute approximate surface area is 172 Å². The van der Waals surface area contributed by atoms with E-state index >= 15 is 0 Å². The molecule has 1 atom stereocenters. The molecule has 0 saturated carbocycles. The third-order valence-corrected chi connectivity index (χ3v) is 7.57. The summed E-state index contributed by atoms with van der Waals surface area (Å²) in [6.07, 6.45) is 0.626. The van der Waals surface area contributed by atoms with Gasteiger partial charge in [-0.05, 0) is 37.1 Å². The van der Waals surface area contributed by atoms with Crippen LogP contribution in [-0.2, 0) is 16.6 Å². The number of carbonyl (C=O) groups is 1. The lowest BCUT2D eigenvalue weighted by Crippen LogP contribution is -2.53. The number of piperazine rings is 1. The van der Waals surface area contributed by atoms with Crippen molar-refractivity contribution < 1.29 is 13.2 Å². The number of sulfonamides is 1. The summed E-state index contributed by atoms with van der Waals surface area (Å²) in [6, 6.07) is 17.5. The molecule has 154 valence electrons. The minimum atomic E-state index is -3.25. The lowest BCUT2D eigenvalue weighted by molar-refractivity contribution is 0.0475. The van der Waals surface area contributed by atoms with Crippen molar-refractivity contribution in [2.45, 2.75) is 25.9 Å². The molecule has 0 bridgehead atoms. The lowest BCUT2D eigenvalue weighted by atomic mass is 10.1. The smallest absolute Gasteiger partial charge is 0.254 e. The average Bonchev–Trinajstić information content (AvgIpc) is 3.07. The van der Waals surface area contributed by atoms with Crippen LogP contribution < -0.4 is 4.31 Å². The van der Waals surface area contributed by atoms with Crippen molar-refractivity contribution >= 4 is 21.6 Å². The maximum Gasteiger partial charge on any atom is 0.254 e. The number of hydrogen-bond donors (Lipinski definition) is 0. The summed E-state index contributed by atoms with van der Waals surface area (Å²) in [7, 11) is -3.25. The first-order valence-electron chi connectivity index (χ1n) is 10.1. The van der Waals surface area contributed by atoms with Crippen molar-refractivity contribution in [3.8, 4) is 0 Å². The van der Waals surface area contributed by atoms with Crippen molar-refractivity contribution in [1.82, 2.24) is 9.80 Å². The predicted octanol–water partition coefficient (Wildman–Crippen LogP) is 2.57. The van der Waals surface area contributed by atoms with E-state index in [1.165, 1.54) is 9.87 Å². The van der Waals surface area contributed by atoms with E-state index in [1.807, 2.05) is 23.1 Å². The molecule has 1 amide bonds. The summed E-state index contributed by atoms with van der Waals surface area (Å²) in [5.74, 6) is 0.140. The molecule has 2 aliphatic heterocycles. The van der Waals surface area contributed by atoms with Crippen molar-refractivity contribution in [2.24, 2.45) is 0 Å². The van der Waals surface area contributed by atoms with Crippen LogP contribution in [0.5, 0.6) is 0 Å². The van der Waals surface area contributed by atoms with E-state index < -0.39 is 10.0 Å². The van der Waals surface area contributed by atoms with Gasteiger partial charge in [-0.15, -0.1) is 0 Å². The van der Waals surface area contributed by atoms with Crippen LogP contribution in [0.2, 0.25) is 0 Å². The number of carbonyl (C=O) groups excluding carboxylic acids is 1. The summed E-state index contributed by atoms with van der Waals surface area (Å²) < 4.78 is 25.8. The number of anilines is 1. The summed E-state index contributed by atoms with van der Waals surface area (Å²) >= 11 is 0. The van der Waals surface area contributed by atoms with Gasteiger partial charge < -0.3 is 4.90 Å². The highest BCUT2D eigenvalue weighted by atomic mass is 32.2. The Balaban J connectivity index is 1.44. The van der Waals surface area contributed by atoms with Gasteiger partial charge in [-0.3, -0.25) is 14.0 Å². The molecule has 2 aliphatic rings. The van der Waals surface area contributed by atoms with Gasteiger partial charge >= 0.3 is 0 Å². The molecule has 0 radical (unpaired) electrons. The van der Waals surface area contributed by atoms with Crippen LogP contribution in [0.15, 0.2) is 54.6 Å². The van der Waals surface area contributed by atoms with Crippen LogP contribution in [0.4, 0.5) is 5.69 Å². The maximum absolute atomic E-state index is 13.1. The van der Waals surface area contributed by atoms with E-state index in [0.717, 1.165) is 19.6 Å². The molecule has 2 heterocycles. The minimum Gasteiger partial charge on any atom is -0.333 e. The fraction of sp³-hybridized carbons (Fsp3) is 0.409. The zero-order valence-corrected chi connectivity index (χ0v) is 17.5. The molecule has 0 aromatic heterocycles. The molecule has 1 unspecified atom stereocenters. The number of amides is 1. The van der Waals surface area contributed by atoms with Crippen LogP contribution in [0.1, 0.15) is 29.3 Å². The second kappa shape index (κ2) is 8.16. The van der Waals surface area contributed by atoms with Gasteiger partial charge in [0.05, 0.1) is 11.4 Å². The quantitative estimate of drug-likeness (QED) is 0.773. The van der Waals surface area contributed by atoms with Crippen molar-refractivity contribution in [3.05, 3.63) is 65.7 Å². The summed E-state index contributed by atoms with van der Waals surface area (Å²) in [5.41, 5.74) is 2.41. The Morgan fingerprint density at radius 3 is 2.52 bits per heavy atom. The topological polar surface area (TPSA) is 60.9 Å². The Bertz CT molecular complexity index is 978. The lowest BCUT2D eigenvalue weighted by Gasteiger charge is -2.40. The van der Waals surface area contributed by atoms with Gasteiger partial charge in [-0.1, -0.05) is 36.4 Å². The van der Waals surface area contributed by atoms with Gasteiger partial charge in [0.2, 0.25) is 10.0 Å². The van der Waals surface area contributed by atoms with Gasteiger partial charge in [0.15, 0.2) is 0 Å². The largest absolute Gasteiger partial charge is 0.333 e. The molecule has 7 heteroatoms. The molecular formula is C22H27N3O3S. The Kier molecular flexibility index (Phi) is 5.61. The first kappa shape index (κ1) is 19.9. The predicted molar refractivity (Wildman–Crippen MR) is 114 cm³/mol. The van der Waals surface area contributed by atoms with Gasteiger partial charge in [0.1, 0.15) is 0 Å². The number of benzene rings is 2. The number of nitrogens with zero attached hydrogens (tertiary/aromatic N) is 3.